The molecule has 1 aromatic heterocycles. The minimum Gasteiger partial charge on any atom is -0.496 e. The fraction of sp³-hybridized carbons (Fsp3) is 0.231. The van der Waals surface area contributed by atoms with Gasteiger partial charge in [-0.05, 0) is 18.1 Å². The van der Waals surface area contributed by atoms with Gasteiger partial charge in [0.2, 0.25) is 0 Å². The SMILES string of the molecule is CCc1cc(-c2cc(C(=O)O)no2)c(OC)cc1F. The molecular formula is C13H12FNO4. The molecule has 0 fully saturated rings. The van der Waals surface area contributed by atoms with Crippen LogP contribution in [0.5, 0.6) is 5.75 Å². The van der Waals surface area contributed by atoms with Crippen LogP contribution in [0.3, 0.4) is 0 Å². The highest BCUT2D eigenvalue weighted by molar-refractivity contribution is 5.86. The average molecular weight is 265 g/mol. The van der Waals surface area contributed by atoms with Gasteiger partial charge in [-0.25, -0.2) is 9.18 Å². The van der Waals surface area contributed by atoms with Crippen LogP contribution in [0.15, 0.2) is 22.7 Å². The van der Waals surface area contributed by atoms with E-state index in [1.54, 1.807) is 6.07 Å². The Morgan fingerprint density at radius 2 is 2.21 bits per heavy atom. The van der Waals surface area contributed by atoms with E-state index in [9.17, 15) is 9.18 Å². The number of aryl methyl sites for hydroxylation is 1. The van der Waals surface area contributed by atoms with Crippen molar-refractivity contribution < 1.29 is 23.6 Å². The number of carbonyl (C=O) groups is 1. The summed E-state index contributed by atoms with van der Waals surface area (Å²) in [7, 11) is 1.40. The van der Waals surface area contributed by atoms with Crippen molar-refractivity contribution in [3.63, 3.8) is 0 Å². The van der Waals surface area contributed by atoms with Gasteiger partial charge in [0.1, 0.15) is 11.6 Å². The molecule has 0 unspecified atom stereocenters. The molecule has 2 aromatic rings. The van der Waals surface area contributed by atoms with Crippen LogP contribution >= 0.6 is 0 Å². The summed E-state index contributed by atoms with van der Waals surface area (Å²) in [6, 6.07) is 4.09. The summed E-state index contributed by atoms with van der Waals surface area (Å²) >= 11 is 0. The standard InChI is InChI=1S/C13H12FNO4/c1-3-7-4-8(11(18-2)5-9(7)14)12-6-10(13(16)17)15-19-12/h4-6H,3H2,1-2H3,(H,16,17). The second kappa shape index (κ2) is 5.09. The first-order valence-corrected chi connectivity index (χ1v) is 5.63. The molecule has 6 heteroatoms. The smallest absolute Gasteiger partial charge is 0.358 e. The van der Waals surface area contributed by atoms with Crippen molar-refractivity contribution in [2.75, 3.05) is 7.11 Å². The van der Waals surface area contributed by atoms with E-state index in [2.05, 4.69) is 5.16 Å². The van der Waals surface area contributed by atoms with Gasteiger partial charge in [0, 0.05) is 12.1 Å². The number of carboxylic acid groups (broad SMARTS) is 1. The number of ether oxygens (including phenoxy) is 1. The number of methoxy groups -OCH3 is 1. The van der Waals surface area contributed by atoms with E-state index < -0.39 is 5.97 Å². The summed E-state index contributed by atoms with van der Waals surface area (Å²) in [5, 5.41) is 12.2. The molecular weight excluding hydrogens is 253 g/mol. The van der Waals surface area contributed by atoms with Crippen molar-refractivity contribution in [3.05, 3.63) is 35.3 Å². The van der Waals surface area contributed by atoms with E-state index in [4.69, 9.17) is 14.4 Å². The van der Waals surface area contributed by atoms with Gasteiger partial charge in [-0.15, -0.1) is 0 Å². The zero-order valence-electron chi connectivity index (χ0n) is 10.4. The Balaban J connectivity index is 2.55. The Kier molecular flexibility index (Phi) is 3.50. The second-order valence-electron chi connectivity index (χ2n) is 3.88. The van der Waals surface area contributed by atoms with Gasteiger partial charge in [0.15, 0.2) is 11.5 Å². The molecule has 100 valence electrons. The highest BCUT2D eigenvalue weighted by Crippen LogP contribution is 2.33. The maximum atomic E-state index is 13.6. The number of nitrogens with zero attached hydrogens (tertiary/aromatic N) is 1. The molecule has 0 atom stereocenters. The zero-order chi connectivity index (χ0) is 14.0. The highest BCUT2D eigenvalue weighted by atomic mass is 19.1. The molecule has 1 heterocycles. The largest absolute Gasteiger partial charge is 0.496 e. The summed E-state index contributed by atoms with van der Waals surface area (Å²) in [5.74, 6) is -1.07. The lowest BCUT2D eigenvalue weighted by atomic mass is 10.0. The highest BCUT2D eigenvalue weighted by Gasteiger charge is 2.17. The van der Waals surface area contributed by atoms with Gasteiger partial charge in [0.05, 0.1) is 12.7 Å². The van der Waals surface area contributed by atoms with Crippen LogP contribution in [-0.2, 0) is 6.42 Å². The predicted octanol–water partition coefficient (Wildman–Crippen LogP) is 2.75. The number of benzene rings is 1. The van der Waals surface area contributed by atoms with Gasteiger partial charge in [-0.2, -0.15) is 0 Å². The monoisotopic (exact) mass is 265 g/mol. The van der Waals surface area contributed by atoms with E-state index in [0.29, 0.717) is 17.5 Å². The Labute approximate surface area is 108 Å². The van der Waals surface area contributed by atoms with Gasteiger partial charge in [0.25, 0.3) is 0 Å². The van der Waals surface area contributed by atoms with E-state index >= 15 is 0 Å². The number of carboxylic acids is 1. The first-order valence-electron chi connectivity index (χ1n) is 5.63. The Hall–Kier alpha value is -2.37. The van der Waals surface area contributed by atoms with E-state index in [-0.39, 0.29) is 23.0 Å². The molecule has 5 nitrogen and oxygen atoms in total. The minimum absolute atomic E-state index is 0.209. The van der Waals surface area contributed by atoms with Crippen LogP contribution in [0.25, 0.3) is 11.3 Å². The van der Waals surface area contributed by atoms with Crippen molar-refractivity contribution in [2.24, 2.45) is 0 Å². The number of halogens is 1. The summed E-state index contributed by atoms with van der Waals surface area (Å²) in [6.07, 6.45) is 0.503. The molecule has 0 aliphatic carbocycles. The van der Waals surface area contributed by atoms with Crippen molar-refractivity contribution >= 4 is 5.97 Å². The van der Waals surface area contributed by atoms with Crippen LogP contribution in [0.1, 0.15) is 23.0 Å². The lowest BCUT2D eigenvalue weighted by molar-refractivity contribution is 0.0686. The Morgan fingerprint density at radius 1 is 1.47 bits per heavy atom. The molecule has 2 rings (SSSR count). The van der Waals surface area contributed by atoms with Gasteiger partial charge in [-0.3, -0.25) is 0 Å². The van der Waals surface area contributed by atoms with Gasteiger partial charge < -0.3 is 14.4 Å². The first-order chi connectivity index (χ1) is 9.06. The molecule has 19 heavy (non-hydrogen) atoms. The Bertz CT molecular complexity index is 621. The van der Waals surface area contributed by atoms with Gasteiger partial charge in [-0.1, -0.05) is 12.1 Å². The van der Waals surface area contributed by atoms with E-state index in [0.717, 1.165) is 0 Å². The van der Waals surface area contributed by atoms with Crippen LogP contribution < -0.4 is 4.74 Å². The average Bonchev–Trinajstić information content (AvgIpc) is 2.88. The normalized spacial score (nSPS) is 10.5. The zero-order valence-corrected chi connectivity index (χ0v) is 10.4. The number of hydrogen-bond donors (Lipinski definition) is 1. The second-order valence-corrected chi connectivity index (χ2v) is 3.88. The molecule has 0 saturated heterocycles. The topological polar surface area (TPSA) is 72.6 Å². The molecule has 0 spiro atoms. The lowest BCUT2D eigenvalue weighted by Crippen LogP contribution is -1.95. The molecule has 0 saturated carbocycles. The maximum Gasteiger partial charge on any atom is 0.358 e. The van der Waals surface area contributed by atoms with Crippen LogP contribution in [0.2, 0.25) is 0 Å². The third-order valence-corrected chi connectivity index (χ3v) is 2.74. The molecule has 0 aliphatic heterocycles. The molecule has 1 aromatic carbocycles. The van der Waals surface area contributed by atoms with Crippen molar-refractivity contribution in [1.82, 2.24) is 5.16 Å². The molecule has 0 radical (unpaired) electrons. The predicted molar refractivity (Wildman–Crippen MR) is 64.8 cm³/mol. The molecule has 0 amide bonds. The quantitative estimate of drug-likeness (QED) is 0.920. The summed E-state index contributed by atoms with van der Waals surface area (Å²) in [6.45, 7) is 1.82. The first kappa shape index (κ1) is 13.1. The fourth-order valence-corrected chi connectivity index (χ4v) is 1.74. The van der Waals surface area contributed by atoms with E-state index in [1.807, 2.05) is 6.92 Å². The molecule has 0 aliphatic rings. The third kappa shape index (κ3) is 2.42. The lowest BCUT2D eigenvalue weighted by Gasteiger charge is -2.08. The summed E-state index contributed by atoms with van der Waals surface area (Å²) < 4.78 is 23.7. The van der Waals surface area contributed by atoms with Crippen LogP contribution in [0, 0.1) is 5.82 Å². The van der Waals surface area contributed by atoms with Crippen LogP contribution in [-0.4, -0.2) is 23.3 Å². The fourth-order valence-electron chi connectivity index (χ4n) is 1.74. The number of aromatic nitrogens is 1. The number of aromatic carboxylic acids is 1. The third-order valence-electron chi connectivity index (χ3n) is 2.74. The van der Waals surface area contributed by atoms with E-state index in [1.165, 1.54) is 19.2 Å². The van der Waals surface area contributed by atoms with Crippen LogP contribution in [0.4, 0.5) is 4.39 Å². The number of rotatable bonds is 4. The van der Waals surface area contributed by atoms with Crippen molar-refractivity contribution in [3.8, 4) is 17.1 Å². The Morgan fingerprint density at radius 3 is 2.74 bits per heavy atom. The van der Waals surface area contributed by atoms with Crippen molar-refractivity contribution in [2.45, 2.75) is 13.3 Å². The van der Waals surface area contributed by atoms with Gasteiger partial charge >= 0.3 is 5.97 Å². The molecule has 0 bridgehead atoms. The summed E-state index contributed by atoms with van der Waals surface area (Å²) in [5.41, 5.74) is 0.754. The summed E-state index contributed by atoms with van der Waals surface area (Å²) in [4.78, 5) is 10.8. The van der Waals surface area contributed by atoms with Crippen molar-refractivity contribution in [1.29, 1.82) is 0 Å². The number of hydrogen-bond acceptors (Lipinski definition) is 4. The minimum atomic E-state index is -1.19. The molecule has 1 N–H and O–H groups in total. The maximum absolute atomic E-state index is 13.6.